The highest BCUT2D eigenvalue weighted by Crippen LogP contribution is 2.25. The molecule has 21 heavy (non-hydrogen) atoms. The van der Waals surface area contributed by atoms with Crippen LogP contribution in [0.4, 0.5) is 0 Å². The Kier molecular flexibility index (Phi) is 6.05. The molecule has 1 aromatic carbocycles. The van der Waals surface area contributed by atoms with Crippen molar-refractivity contribution >= 4 is 21.6 Å². The van der Waals surface area contributed by atoms with Crippen molar-refractivity contribution in [1.82, 2.24) is 9.62 Å². The lowest BCUT2D eigenvalue weighted by Gasteiger charge is -2.26. The summed E-state index contributed by atoms with van der Waals surface area (Å²) in [5.74, 6) is 0. The van der Waals surface area contributed by atoms with E-state index >= 15 is 0 Å². The zero-order valence-electron chi connectivity index (χ0n) is 12.4. The number of nitrogens with zero attached hydrogens (tertiary/aromatic N) is 1. The SMILES string of the molecule is CCCNCc1cc(S(=O)(=O)N2CCCCC2)ccc1Cl. The van der Waals surface area contributed by atoms with Gasteiger partial charge < -0.3 is 5.32 Å². The average molecular weight is 331 g/mol. The smallest absolute Gasteiger partial charge is 0.243 e. The van der Waals surface area contributed by atoms with Crippen molar-refractivity contribution in [1.29, 1.82) is 0 Å². The summed E-state index contributed by atoms with van der Waals surface area (Å²) in [6.07, 6.45) is 4.03. The Hall–Kier alpha value is -0.620. The largest absolute Gasteiger partial charge is 0.313 e. The molecule has 0 unspecified atom stereocenters. The van der Waals surface area contributed by atoms with E-state index < -0.39 is 10.0 Å². The molecular formula is C15H23ClN2O2S. The van der Waals surface area contributed by atoms with E-state index in [0.717, 1.165) is 37.8 Å². The van der Waals surface area contributed by atoms with Gasteiger partial charge in [0.1, 0.15) is 0 Å². The van der Waals surface area contributed by atoms with Gasteiger partial charge in [0.2, 0.25) is 10.0 Å². The molecule has 0 atom stereocenters. The van der Waals surface area contributed by atoms with Crippen molar-refractivity contribution in [3.63, 3.8) is 0 Å². The molecule has 0 spiro atoms. The molecule has 1 N–H and O–H groups in total. The molecule has 1 aliphatic heterocycles. The Morgan fingerprint density at radius 2 is 1.95 bits per heavy atom. The molecule has 0 bridgehead atoms. The number of hydrogen-bond acceptors (Lipinski definition) is 3. The highest BCUT2D eigenvalue weighted by atomic mass is 35.5. The van der Waals surface area contributed by atoms with Crippen LogP contribution in [0.15, 0.2) is 23.1 Å². The first-order valence-electron chi connectivity index (χ1n) is 7.55. The van der Waals surface area contributed by atoms with Gasteiger partial charge >= 0.3 is 0 Å². The van der Waals surface area contributed by atoms with Gasteiger partial charge in [-0.05, 0) is 49.6 Å². The van der Waals surface area contributed by atoms with Gasteiger partial charge in [-0.1, -0.05) is 24.9 Å². The van der Waals surface area contributed by atoms with E-state index in [0.29, 0.717) is 29.6 Å². The van der Waals surface area contributed by atoms with Crippen LogP contribution in [-0.2, 0) is 16.6 Å². The van der Waals surface area contributed by atoms with Gasteiger partial charge in [0, 0.05) is 24.7 Å². The topological polar surface area (TPSA) is 49.4 Å². The van der Waals surface area contributed by atoms with Crippen molar-refractivity contribution in [2.45, 2.75) is 44.0 Å². The fourth-order valence-corrected chi connectivity index (χ4v) is 4.25. The Bertz CT molecular complexity index is 569. The van der Waals surface area contributed by atoms with Crippen LogP contribution in [0.3, 0.4) is 0 Å². The zero-order chi connectivity index (χ0) is 15.3. The second-order valence-corrected chi connectivity index (χ2v) is 7.74. The molecule has 0 saturated carbocycles. The molecule has 1 saturated heterocycles. The molecule has 0 amide bonds. The lowest BCUT2D eigenvalue weighted by Crippen LogP contribution is -2.35. The van der Waals surface area contributed by atoms with Crippen LogP contribution < -0.4 is 5.32 Å². The first-order chi connectivity index (χ1) is 10.1. The number of hydrogen-bond donors (Lipinski definition) is 1. The summed E-state index contributed by atoms with van der Waals surface area (Å²) in [5, 5.41) is 3.87. The molecule has 1 aliphatic rings. The number of benzene rings is 1. The minimum atomic E-state index is -3.38. The first-order valence-corrected chi connectivity index (χ1v) is 9.37. The Morgan fingerprint density at radius 1 is 1.24 bits per heavy atom. The third-order valence-corrected chi connectivity index (χ3v) is 5.98. The van der Waals surface area contributed by atoms with Gasteiger partial charge in [0.05, 0.1) is 4.90 Å². The number of piperidine rings is 1. The monoisotopic (exact) mass is 330 g/mol. The number of halogens is 1. The maximum atomic E-state index is 12.6. The number of rotatable bonds is 6. The molecule has 4 nitrogen and oxygen atoms in total. The van der Waals surface area contributed by atoms with Crippen molar-refractivity contribution in [2.24, 2.45) is 0 Å². The van der Waals surface area contributed by atoms with E-state index in [-0.39, 0.29) is 0 Å². The lowest BCUT2D eigenvalue weighted by atomic mass is 10.2. The number of nitrogens with one attached hydrogen (secondary N) is 1. The maximum Gasteiger partial charge on any atom is 0.243 e. The van der Waals surface area contributed by atoms with E-state index in [1.54, 1.807) is 22.5 Å². The van der Waals surface area contributed by atoms with E-state index in [1.165, 1.54) is 0 Å². The predicted octanol–water partition coefficient (Wildman–Crippen LogP) is 3.01. The van der Waals surface area contributed by atoms with Crippen LogP contribution in [0.5, 0.6) is 0 Å². The lowest BCUT2D eigenvalue weighted by molar-refractivity contribution is 0.346. The number of sulfonamides is 1. The molecule has 1 heterocycles. The fourth-order valence-electron chi connectivity index (χ4n) is 2.50. The Balaban J connectivity index is 2.20. The van der Waals surface area contributed by atoms with Crippen LogP contribution in [0.1, 0.15) is 38.2 Å². The molecule has 0 aromatic heterocycles. The molecule has 0 radical (unpaired) electrons. The van der Waals surface area contributed by atoms with Crippen molar-refractivity contribution in [3.05, 3.63) is 28.8 Å². The summed E-state index contributed by atoms with van der Waals surface area (Å²) in [4.78, 5) is 0.349. The molecule has 0 aliphatic carbocycles. The molecule has 1 aromatic rings. The van der Waals surface area contributed by atoms with Crippen LogP contribution >= 0.6 is 11.6 Å². The molecular weight excluding hydrogens is 308 g/mol. The average Bonchev–Trinajstić information content (AvgIpc) is 2.50. The normalized spacial score (nSPS) is 17.0. The zero-order valence-corrected chi connectivity index (χ0v) is 14.0. The maximum absolute atomic E-state index is 12.6. The fraction of sp³-hybridized carbons (Fsp3) is 0.600. The highest BCUT2D eigenvalue weighted by Gasteiger charge is 2.26. The van der Waals surface area contributed by atoms with Crippen LogP contribution in [-0.4, -0.2) is 32.4 Å². The van der Waals surface area contributed by atoms with Gasteiger partial charge in [-0.25, -0.2) is 8.42 Å². The summed E-state index contributed by atoms with van der Waals surface area (Å²) in [7, 11) is -3.38. The minimum absolute atomic E-state index is 0.349. The van der Waals surface area contributed by atoms with Crippen molar-refractivity contribution < 1.29 is 8.42 Å². The summed E-state index contributed by atoms with van der Waals surface area (Å²) in [6.45, 7) is 4.81. The Labute approximate surface area is 132 Å². The minimum Gasteiger partial charge on any atom is -0.313 e. The van der Waals surface area contributed by atoms with Gasteiger partial charge in [-0.15, -0.1) is 0 Å². The van der Waals surface area contributed by atoms with E-state index in [9.17, 15) is 8.42 Å². The Morgan fingerprint density at radius 3 is 2.62 bits per heavy atom. The van der Waals surface area contributed by atoms with Crippen molar-refractivity contribution in [3.8, 4) is 0 Å². The van der Waals surface area contributed by atoms with Gasteiger partial charge in [-0.3, -0.25) is 0 Å². The summed E-state index contributed by atoms with van der Waals surface area (Å²) >= 11 is 6.16. The quantitative estimate of drug-likeness (QED) is 0.816. The van der Waals surface area contributed by atoms with Crippen LogP contribution in [0.25, 0.3) is 0 Å². The van der Waals surface area contributed by atoms with Gasteiger partial charge in [-0.2, -0.15) is 4.31 Å². The predicted molar refractivity (Wildman–Crippen MR) is 86.1 cm³/mol. The standard InChI is InChI=1S/C15H23ClN2O2S/c1-2-8-17-12-13-11-14(6-7-15(13)16)21(19,20)18-9-4-3-5-10-18/h6-7,11,17H,2-5,8-10,12H2,1H3. The summed E-state index contributed by atoms with van der Waals surface area (Å²) in [6, 6.07) is 4.99. The second kappa shape index (κ2) is 7.58. The van der Waals surface area contributed by atoms with Gasteiger partial charge in [0.25, 0.3) is 0 Å². The summed E-state index contributed by atoms with van der Waals surface area (Å²) in [5.41, 5.74) is 0.836. The first kappa shape index (κ1) is 16.7. The van der Waals surface area contributed by atoms with Crippen LogP contribution in [0, 0.1) is 0 Å². The van der Waals surface area contributed by atoms with E-state index in [1.807, 2.05) is 0 Å². The molecule has 6 heteroatoms. The van der Waals surface area contributed by atoms with E-state index in [2.05, 4.69) is 12.2 Å². The second-order valence-electron chi connectivity index (χ2n) is 5.39. The molecule has 2 rings (SSSR count). The van der Waals surface area contributed by atoms with E-state index in [4.69, 9.17) is 11.6 Å². The molecule has 1 fully saturated rings. The highest BCUT2D eigenvalue weighted by molar-refractivity contribution is 7.89. The molecule has 118 valence electrons. The third-order valence-electron chi connectivity index (χ3n) is 3.71. The van der Waals surface area contributed by atoms with Gasteiger partial charge in [0.15, 0.2) is 0 Å². The van der Waals surface area contributed by atoms with Crippen LogP contribution in [0.2, 0.25) is 5.02 Å². The van der Waals surface area contributed by atoms with Crippen molar-refractivity contribution in [2.75, 3.05) is 19.6 Å². The third kappa shape index (κ3) is 4.19. The summed E-state index contributed by atoms with van der Waals surface area (Å²) < 4.78 is 26.9.